The third kappa shape index (κ3) is 6.64. The molecular weight excluding hydrogens is 282 g/mol. The van der Waals surface area contributed by atoms with Crippen LogP contribution in [0.4, 0.5) is 4.79 Å². The molecule has 1 saturated heterocycles. The summed E-state index contributed by atoms with van der Waals surface area (Å²) in [5.74, 6) is 0.632. The first-order valence-corrected chi connectivity index (χ1v) is 8.15. The van der Waals surface area contributed by atoms with Gasteiger partial charge in [-0.15, -0.1) is 0 Å². The Morgan fingerprint density at radius 3 is 2.36 bits per heavy atom. The number of rotatable bonds is 5. The number of carbonyl (C=O) groups is 2. The molecule has 0 aromatic heterocycles. The van der Waals surface area contributed by atoms with E-state index in [0.29, 0.717) is 12.5 Å². The Labute approximate surface area is 134 Å². The number of carbonyl (C=O) groups excluding carboxylic acids is 2. The van der Waals surface area contributed by atoms with Crippen molar-refractivity contribution in [2.75, 3.05) is 39.8 Å². The predicted molar refractivity (Wildman–Crippen MR) is 86.7 cm³/mol. The number of amides is 2. The SMILES string of the molecule is CCN(C)C(=O)CNCC1CCN(C(=O)OC(C)(C)C)CC1. The van der Waals surface area contributed by atoms with Gasteiger partial charge in [-0.2, -0.15) is 0 Å². The molecule has 6 nitrogen and oxygen atoms in total. The number of hydrogen-bond donors (Lipinski definition) is 1. The van der Waals surface area contributed by atoms with Crippen LogP contribution in [-0.2, 0) is 9.53 Å². The molecule has 0 aromatic carbocycles. The summed E-state index contributed by atoms with van der Waals surface area (Å²) < 4.78 is 5.38. The smallest absolute Gasteiger partial charge is 0.410 e. The van der Waals surface area contributed by atoms with Crippen LogP contribution in [0.1, 0.15) is 40.5 Å². The maximum Gasteiger partial charge on any atom is 0.410 e. The third-order valence-corrected chi connectivity index (χ3v) is 3.88. The van der Waals surface area contributed by atoms with Crippen molar-refractivity contribution in [2.45, 2.75) is 46.1 Å². The third-order valence-electron chi connectivity index (χ3n) is 3.88. The number of likely N-dealkylation sites (N-methyl/N-ethyl adjacent to an activating group) is 1. The molecule has 0 atom stereocenters. The van der Waals surface area contributed by atoms with Crippen molar-refractivity contribution < 1.29 is 14.3 Å². The molecule has 2 amide bonds. The summed E-state index contributed by atoms with van der Waals surface area (Å²) in [6, 6.07) is 0. The van der Waals surface area contributed by atoms with Gasteiger partial charge in [0.15, 0.2) is 0 Å². The van der Waals surface area contributed by atoms with Gasteiger partial charge >= 0.3 is 6.09 Å². The molecule has 0 bridgehead atoms. The van der Waals surface area contributed by atoms with E-state index < -0.39 is 5.60 Å². The number of likely N-dealkylation sites (tertiary alicyclic amines) is 1. The Balaban J connectivity index is 2.23. The zero-order chi connectivity index (χ0) is 16.8. The number of nitrogens with zero attached hydrogens (tertiary/aromatic N) is 2. The quantitative estimate of drug-likeness (QED) is 0.839. The highest BCUT2D eigenvalue weighted by atomic mass is 16.6. The lowest BCUT2D eigenvalue weighted by Gasteiger charge is -2.33. The van der Waals surface area contributed by atoms with Crippen LogP contribution in [0.2, 0.25) is 0 Å². The predicted octanol–water partition coefficient (Wildman–Crippen LogP) is 1.70. The molecule has 1 rings (SSSR count). The lowest BCUT2D eigenvalue weighted by molar-refractivity contribution is -0.128. The molecule has 0 spiro atoms. The van der Waals surface area contributed by atoms with E-state index in [2.05, 4.69) is 5.32 Å². The molecule has 1 fully saturated rings. The van der Waals surface area contributed by atoms with Crippen LogP contribution in [-0.4, -0.2) is 67.2 Å². The van der Waals surface area contributed by atoms with Gasteiger partial charge in [0.2, 0.25) is 5.91 Å². The average molecular weight is 313 g/mol. The normalized spacial score (nSPS) is 16.5. The van der Waals surface area contributed by atoms with Gasteiger partial charge in [-0.3, -0.25) is 4.79 Å². The first-order valence-electron chi connectivity index (χ1n) is 8.15. The molecule has 0 radical (unpaired) electrons. The lowest BCUT2D eigenvalue weighted by Crippen LogP contribution is -2.44. The van der Waals surface area contributed by atoms with Gasteiger partial charge in [0, 0.05) is 26.7 Å². The van der Waals surface area contributed by atoms with E-state index in [-0.39, 0.29) is 12.0 Å². The number of nitrogens with one attached hydrogen (secondary N) is 1. The van der Waals surface area contributed by atoms with Crippen molar-refractivity contribution in [3.63, 3.8) is 0 Å². The van der Waals surface area contributed by atoms with Gasteiger partial charge in [0.25, 0.3) is 0 Å². The van der Waals surface area contributed by atoms with E-state index in [4.69, 9.17) is 4.74 Å². The maximum absolute atomic E-state index is 12.0. The van der Waals surface area contributed by atoms with Crippen molar-refractivity contribution in [3.8, 4) is 0 Å². The molecule has 1 heterocycles. The Kier molecular flexibility index (Phi) is 7.13. The van der Waals surface area contributed by atoms with Crippen molar-refractivity contribution in [1.82, 2.24) is 15.1 Å². The van der Waals surface area contributed by atoms with Gasteiger partial charge in [0.05, 0.1) is 6.54 Å². The van der Waals surface area contributed by atoms with E-state index in [1.165, 1.54) is 0 Å². The molecule has 0 aromatic rings. The topological polar surface area (TPSA) is 61.9 Å². The minimum atomic E-state index is -0.443. The number of hydrogen-bond acceptors (Lipinski definition) is 4. The number of piperidine rings is 1. The fourth-order valence-electron chi connectivity index (χ4n) is 2.34. The highest BCUT2D eigenvalue weighted by molar-refractivity contribution is 5.77. The van der Waals surface area contributed by atoms with Crippen LogP contribution < -0.4 is 5.32 Å². The Bertz CT molecular complexity index is 371. The largest absolute Gasteiger partial charge is 0.444 e. The van der Waals surface area contributed by atoms with E-state index in [0.717, 1.165) is 39.0 Å². The highest BCUT2D eigenvalue weighted by Gasteiger charge is 2.26. The van der Waals surface area contributed by atoms with Gasteiger partial charge in [-0.25, -0.2) is 4.79 Å². The molecule has 0 aliphatic carbocycles. The van der Waals surface area contributed by atoms with Gasteiger partial charge in [0.1, 0.15) is 5.60 Å². The molecule has 1 aliphatic heterocycles. The van der Waals surface area contributed by atoms with Crippen LogP contribution in [0.25, 0.3) is 0 Å². The molecule has 128 valence electrons. The minimum Gasteiger partial charge on any atom is -0.444 e. The summed E-state index contributed by atoms with van der Waals surface area (Å²) in [6.45, 7) is 11.0. The van der Waals surface area contributed by atoms with Gasteiger partial charge in [-0.1, -0.05) is 0 Å². The molecule has 6 heteroatoms. The molecule has 1 aliphatic rings. The first kappa shape index (κ1) is 18.7. The van der Waals surface area contributed by atoms with E-state index in [1.54, 1.807) is 9.80 Å². The molecule has 0 unspecified atom stereocenters. The maximum atomic E-state index is 12.0. The zero-order valence-corrected chi connectivity index (χ0v) is 14.6. The van der Waals surface area contributed by atoms with E-state index in [1.807, 2.05) is 34.7 Å². The molecule has 22 heavy (non-hydrogen) atoms. The number of ether oxygens (including phenoxy) is 1. The Hall–Kier alpha value is -1.30. The second-order valence-electron chi connectivity index (χ2n) is 6.95. The van der Waals surface area contributed by atoms with Crippen LogP contribution in [0.5, 0.6) is 0 Å². The summed E-state index contributed by atoms with van der Waals surface area (Å²) in [5, 5.41) is 3.23. The summed E-state index contributed by atoms with van der Waals surface area (Å²) in [5.41, 5.74) is -0.443. The van der Waals surface area contributed by atoms with Crippen molar-refractivity contribution >= 4 is 12.0 Å². The highest BCUT2D eigenvalue weighted by Crippen LogP contribution is 2.19. The summed E-state index contributed by atoms with van der Waals surface area (Å²) in [6.07, 6.45) is 1.67. The fourth-order valence-corrected chi connectivity index (χ4v) is 2.34. The minimum absolute atomic E-state index is 0.119. The van der Waals surface area contributed by atoms with E-state index >= 15 is 0 Å². The first-order chi connectivity index (χ1) is 10.2. The van der Waals surface area contributed by atoms with Crippen LogP contribution in [0, 0.1) is 5.92 Å². The van der Waals surface area contributed by atoms with Crippen LogP contribution >= 0.6 is 0 Å². The Morgan fingerprint density at radius 2 is 1.86 bits per heavy atom. The molecule has 0 saturated carbocycles. The van der Waals surface area contributed by atoms with Crippen molar-refractivity contribution in [3.05, 3.63) is 0 Å². The standard InChI is InChI=1S/C16H31N3O3/c1-6-18(5)14(20)12-17-11-13-7-9-19(10-8-13)15(21)22-16(2,3)4/h13,17H,6-12H2,1-5H3. The summed E-state index contributed by atoms with van der Waals surface area (Å²) in [7, 11) is 1.81. The fraction of sp³-hybridized carbons (Fsp3) is 0.875. The van der Waals surface area contributed by atoms with Gasteiger partial charge in [-0.05, 0) is 53.0 Å². The van der Waals surface area contributed by atoms with Crippen molar-refractivity contribution in [2.24, 2.45) is 5.92 Å². The average Bonchev–Trinajstić information content (AvgIpc) is 2.45. The monoisotopic (exact) mass is 313 g/mol. The zero-order valence-electron chi connectivity index (χ0n) is 14.6. The van der Waals surface area contributed by atoms with Gasteiger partial charge < -0.3 is 19.9 Å². The summed E-state index contributed by atoms with van der Waals surface area (Å²) in [4.78, 5) is 27.1. The second-order valence-corrected chi connectivity index (χ2v) is 6.95. The van der Waals surface area contributed by atoms with Crippen LogP contribution in [0.15, 0.2) is 0 Å². The molecule has 1 N–H and O–H groups in total. The van der Waals surface area contributed by atoms with Crippen LogP contribution in [0.3, 0.4) is 0 Å². The van der Waals surface area contributed by atoms with E-state index in [9.17, 15) is 9.59 Å². The summed E-state index contributed by atoms with van der Waals surface area (Å²) >= 11 is 0. The van der Waals surface area contributed by atoms with Crippen molar-refractivity contribution in [1.29, 1.82) is 0 Å². The molecular formula is C16H31N3O3. The lowest BCUT2D eigenvalue weighted by atomic mass is 9.97. The second kappa shape index (κ2) is 8.36. The Morgan fingerprint density at radius 1 is 1.27 bits per heavy atom.